The second kappa shape index (κ2) is 14.7. The molecule has 1 aromatic carbocycles. The summed E-state index contributed by atoms with van der Waals surface area (Å²) in [6.07, 6.45) is 1.62. The number of halogens is 1. The Balaban J connectivity index is 0.00000450. The number of rotatable bonds is 11. The fraction of sp³-hybridized carbons (Fsp3) is 0.429. The number of methoxy groups -OCH3 is 2. The molecule has 0 aliphatic heterocycles. The Kier molecular flexibility index (Phi) is 12.6. The van der Waals surface area contributed by atoms with Crippen molar-refractivity contribution in [3.8, 4) is 17.4 Å². The third-order valence-electron chi connectivity index (χ3n) is 4.00. The molecule has 0 bridgehead atoms. The highest BCUT2D eigenvalue weighted by Gasteiger charge is 2.10. The van der Waals surface area contributed by atoms with Crippen LogP contribution in [0, 0.1) is 0 Å². The fourth-order valence-corrected chi connectivity index (χ4v) is 2.52. The number of aliphatic imine (C=N–C) groups is 1. The van der Waals surface area contributed by atoms with Gasteiger partial charge in [0, 0.05) is 32.5 Å². The maximum Gasteiger partial charge on any atom is 0.218 e. The van der Waals surface area contributed by atoms with Crippen LogP contribution < -0.4 is 24.8 Å². The molecule has 0 aliphatic carbocycles. The number of nitrogens with one attached hydrogen (secondary N) is 2. The van der Waals surface area contributed by atoms with Crippen LogP contribution in [0.25, 0.3) is 0 Å². The molecule has 1 aromatic heterocycles. The zero-order valence-corrected chi connectivity index (χ0v) is 20.2. The van der Waals surface area contributed by atoms with Crippen molar-refractivity contribution >= 4 is 29.9 Å². The number of ether oxygens (including phenoxy) is 4. The van der Waals surface area contributed by atoms with Gasteiger partial charge in [-0.1, -0.05) is 18.2 Å². The Labute approximate surface area is 195 Å². The lowest BCUT2D eigenvalue weighted by Gasteiger charge is -2.19. The van der Waals surface area contributed by atoms with Crippen LogP contribution in [0.1, 0.15) is 12.5 Å². The van der Waals surface area contributed by atoms with Gasteiger partial charge in [0.15, 0.2) is 17.5 Å². The summed E-state index contributed by atoms with van der Waals surface area (Å²) >= 11 is 0. The second-order valence-electron chi connectivity index (χ2n) is 6.19. The predicted octanol–water partition coefficient (Wildman–Crippen LogP) is 2.87. The molecule has 1 unspecified atom stereocenters. The van der Waals surface area contributed by atoms with Crippen molar-refractivity contribution < 1.29 is 18.9 Å². The van der Waals surface area contributed by atoms with Crippen LogP contribution in [0.3, 0.4) is 0 Å². The smallest absolute Gasteiger partial charge is 0.218 e. The van der Waals surface area contributed by atoms with Gasteiger partial charge in [-0.2, -0.15) is 0 Å². The summed E-state index contributed by atoms with van der Waals surface area (Å²) in [6.45, 7) is 4.04. The Morgan fingerprint density at radius 2 is 1.83 bits per heavy atom. The van der Waals surface area contributed by atoms with Crippen LogP contribution in [-0.2, 0) is 11.3 Å². The number of pyridine rings is 1. The van der Waals surface area contributed by atoms with Crippen molar-refractivity contribution in [1.29, 1.82) is 0 Å². The van der Waals surface area contributed by atoms with E-state index in [-0.39, 0.29) is 30.1 Å². The molecule has 30 heavy (non-hydrogen) atoms. The summed E-state index contributed by atoms with van der Waals surface area (Å²) in [4.78, 5) is 8.54. The molecule has 0 spiro atoms. The zero-order chi connectivity index (χ0) is 20.9. The molecular formula is C21H31IN4O4. The molecule has 8 nitrogen and oxygen atoms in total. The van der Waals surface area contributed by atoms with E-state index in [4.69, 9.17) is 18.9 Å². The second-order valence-corrected chi connectivity index (χ2v) is 6.19. The Hall–Kier alpha value is -2.27. The summed E-state index contributed by atoms with van der Waals surface area (Å²) < 4.78 is 22.0. The van der Waals surface area contributed by atoms with Gasteiger partial charge in [0.25, 0.3) is 0 Å². The standard InChI is InChI=1S/C21H30N4O4.HI/c1-16(29-19-10-6-5-9-18(19)27-4)14-24-21(22-2)25-15-17-8-7-11-23-20(17)28-13-12-26-3;/h5-11,16H,12-15H2,1-4H3,(H2,22,24,25);1H. The van der Waals surface area contributed by atoms with Gasteiger partial charge in [-0.15, -0.1) is 24.0 Å². The molecule has 2 aromatic rings. The molecule has 1 atom stereocenters. The minimum absolute atomic E-state index is 0. The van der Waals surface area contributed by atoms with E-state index < -0.39 is 0 Å². The first-order chi connectivity index (χ1) is 14.2. The molecule has 2 rings (SSSR count). The van der Waals surface area contributed by atoms with E-state index in [0.717, 1.165) is 5.56 Å². The minimum Gasteiger partial charge on any atom is -0.493 e. The van der Waals surface area contributed by atoms with Crippen molar-refractivity contribution in [3.63, 3.8) is 0 Å². The molecule has 2 N–H and O–H groups in total. The monoisotopic (exact) mass is 530 g/mol. The third kappa shape index (κ3) is 8.62. The molecular weight excluding hydrogens is 499 g/mol. The number of nitrogens with zero attached hydrogens (tertiary/aromatic N) is 2. The molecule has 0 aliphatic rings. The van der Waals surface area contributed by atoms with Gasteiger partial charge in [0.1, 0.15) is 12.7 Å². The van der Waals surface area contributed by atoms with E-state index in [9.17, 15) is 0 Å². The summed E-state index contributed by atoms with van der Waals surface area (Å²) in [5.41, 5.74) is 0.935. The average Bonchev–Trinajstić information content (AvgIpc) is 2.75. The normalized spacial score (nSPS) is 11.8. The van der Waals surface area contributed by atoms with Gasteiger partial charge in [-0.25, -0.2) is 4.98 Å². The van der Waals surface area contributed by atoms with Crippen molar-refractivity contribution in [2.24, 2.45) is 4.99 Å². The first-order valence-electron chi connectivity index (χ1n) is 9.47. The van der Waals surface area contributed by atoms with Gasteiger partial charge in [0.05, 0.1) is 20.3 Å². The average molecular weight is 530 g/mol. The van der Waals surface area contributed by atoms with Gasteiger partial charge in [-0.3, -0.25) is 4.99 Å². The maximum atomic E-state index is 5.96. The highest BCUT2D eigenvalue weighted by Crippen LogP contribution is 2.26. The number of hydrogen-bond acceptors (Lipinski definition) is 6. The van der Waals surface area contributed by atoms with Crippen molar-refractivity contribution in [2.75, 3.05) is 41.0 Å². The minimum atomic E-state index is -0.0869. The van der Waals surface area contributed by atoms with Gasteiger partial charge in [0.2, 0.25) is 5.88 Å². The van der Waals surface area contributed by atoms with Crippen molar-refractivity contribution in [3.05, 3.63) is 48.2 Å². The lowest BCUT2D eigenvalue weighted by Crippen LogP contribution is -2.41. The molecule has 166 valence electrons. The largest absolute Gasteiger partial charge is 0.493 e. The number of aromatic nitrogens is 1. The maximum absolute atomic E-state index is 5.96. The molecule has 0 saturated carbocycles. The third-order valence-corrected chi connectivity index (χ3v) is 4.00. The molecule has 0 fully saturated rings. The molecule has 0 radical (unpaired) electrons. The Morgan fingerprint density at radius 3 is 2.53 bits per heavy atom. The Bertz CT molecular complexity index is 776. The highest BCUT2D eigenvalue weighted by atomic mass is 127. The topological polar surface area (TPSA) is 86.2 Å². The SMILES string of the molecule is CN=C(NCc1cccnc1OCCOC)NCC(C)Oc1ccccc1OC.I. The molecule has 9 heteroatoms. The van der Waals surface area contributed by atoms with Crippen LogP contribution in [0.5, 0.6) is 17.4 Å². The predicted molar refractivity (Wildman–Crippen MR) is 128 cm³/mol. The zero-order valence-electron chi connectivity index (χ0n) is 17.9. The Morgan fingerprint density at radius 1 is 1.07 bits per heavy atom. The van der Waals surface area contributed by atoms with E-state index in [1.165, 1.54) is 0 Å². The lowest BCUT2D eigenvalue weighted by atomic mass is 10.2. The number of guanidine groups is 1. The van der Waals surface area contributed by atoms with Crippen molar-refractivity contribution in [1.82, 2.24) is 15.6 Å². The number of benzene rings is 1. The van der Waals surface area contributed by atoms with E-state index in [1.807, 2.05) is 43.3 Å². The molecule has 0 amide bonds. The van der Waals surface area contributed by atoms with Gasteiger partial charge < -0.3 is 29.6 Å². The lowest BCUT2D eigenvalue weighted by molar-refractivity contribution is 0.143. The first kappa shape index (κ1) is 25.8. The molecule has 0 saturated heterocycles. The van der Waals surface area contributed by atoms with Gasteiger partial charge >= 0.3 is 0 Å². The first-order valence-corrected chi connectivity index (χ1v) is 9.47. The van der Waals surface area contributed by atoms with Crippen molar-refractivity contribution in [2.45, 2.75) is 19.6 Å². The van der Waals surface area contributed by atoms with E-state index in [1.54, 1.807) is 27.5 Å². The van der Waals surface area contributed by atoms with Crippen LogP contribution >= 0.6 is 24.0 Å². The van der Waals surface area contributed by atoms with Crippen LogP contribution in [-0.4, -0.2) is 58.1 Å². The van der Waals surface area contributed by atoms with E-state index in [0.29, 0.717) is 49.6 Å². The summed E-state index contributed by atoms with van der Waals surface area (Å²) in [5, 5.41) is 6.53. The van der Waals surface area contributed by atoms with Crippen LogP contribution in [0.2, 0.25) is 0 Å². The van der Waals surface area contributed by atoms with E-state index >= 15 is 0 Å². The summed E-state index contributed by atoms with van der Waals surface area (Å²) in [6, 6.07) is 11.4. The quantitative estimate of drug-likeness (QED) is 0.200. The van der Waals surface area contributed by atoms with Crippen LogP contribution in [0.15, 0.2) is 47.6 Å². The number of hydrogen-bond donors (Lipinski definition) is 2. The summed E-state index contributed by atoms with van der Waals surface area (Å²) in [7, 11) is 4.99. The highest BCUT2D eigenvalue weighted by molar-refractivity contribution is 14.0. The van der Waals surface area contributed by atoms with Gasteiger partial charge in [-0.05, 0) is 25.1 Å². The fourth-order valence-electron chi connectivity index (χ4n) is 2.52. The summed E-state index contributed by atoms with van der Waals surface area (Å²) in [5.74, 6) is 2.66. The molecule has 1 heterocycles. The van der Waals surface area contributed by atoms with E-state index in [2.05, 4.69) is 20.6 Å². The van der Waals surface area contributed by atoms with Crippen LogP contribution in [0.4, 0.5) is 0 Å². The number of para-hydroxylation sites is 2.